The van der Waals surface area contributed by atoms with Gasteiger partial charge in [-0.15, -0.1) is 0 Å². The highest BCUT2D eigenvalue weighted by Gasteiger charge is 2.23. The van der Waals surface area contributed by atoms with Crippen LogP contribution < -0.4 is 4.74 Å². The molecule has 0 unspecified atom stereocenters. The van der Waals surface area contributed by atoms with Gasteiger partial charge < -0.3 is 9.47 Å². The van der Waals surface area contributed by atoms with E-state index < -0.39 is 0 Å². The maximum absolute atomic E-state index is 5.79. The van der Waals surface area contributed by atoms with Crippen LogP contribution in [0, 0.1) is 0 Å². The maximum atomic E-state index is 5.79. The topological polar surface area (TPSA) is 21.8 Å². The molecule has 0 saturated carbocycles. The lowest BCUT2D eigenvalue weighted by atomic mass is 10.0. The predicted molar refractivity (Wildman–Crippen MR) is 68.9 cm³/mol. The van der Waals surface area contributed by atoms with Gasteiger partial charge in [-0.3, -0.25) is 0 Å². The average molecular weight is 226 g/mol. The van der Waals surface area contributed by atoms with E-state index in [0.717, 1.165) is 17.9 Å². The first kappa shape index (κ1) is 10.4. The van der Waals surface area contributed by atoms with Gasteiger partial charge in [-0.25, -0.2) is 0 Å². The first-order valence-electron chi connectivity index (χ1n) is 5.82. The molecule has 0 bridgehead atoms. The summed E-state index contributed by atoms with van der Waals surface area (Å²) in [5, 5.41) is 0. The fourth-order valence-corrected chi connectivity index (χ4v) is 1.80. The molecule has 0 amide bonds. The van der Waals surface area contributed by atoms with Crippen molar-refractivity contribution in [1.29, 1.82) is 0 Å². The molecule has 2 nitrogen and oxygen atoms in total. The van der Waals surface area contributed by atoms with E-state index in [2.05, 4.69) is 18.2 Å². The van der Waals surface area contributed by atoms with E-state index in [1.54, 1.807) is 0 Å². The summed E-state index contributed by atoms with van der Waals surface area (Å²) < 4.78 is 10.9. The van der Waals surface area contributed by atoms with Gasteiger partial charge in [0.05, 0.1) is 6.61 Å². The molecule has 17 heavy (non-hydrogen) atoms. The summed E-state index contributed by atoms with van der Waals surface area (Å²) in [7, 11) is 0. The summed E-state index contributed by atoms with van der Waals surface area (Å²) >= 11 is 0. The van der Waals surface area contributed by atoms with Crippen molar-refractivity contribution >= 4 is 12.2 Å². The smallest absolute Gasteiger partial charge is 0.127 e. The van der Waals surface area contributed by atoms with E-state index in [1.807, 2.05) is 36.4 Å². The molecule has 1 aliphatic carbocycles. The molecule has 2 aliphatic rings. The van der Waals surface area contributed by atoms with Crippen LogP contribution in [-0.4, -0.2) is 19.3 Å². The van der Waals surface area contributed by atoms with Crippen LogP contribution in [0.5, 0.6) is 5.75 Å². The van der Waals surface area contributed by atoms with Crippen LogP contribution >= 0.6 is 0 Å². The van der Waals surface area contributed by atoms with Crippen molar-refractivity contribution in [2.45, 2.75) is 6.10 Å². The van der Waals surface area contributed by atoms with E-state index in [9.17, 15) is 0 Å². The zero-order valence-electron chi connectivity index (χ0n) is 9.50. The van der Waals surface area contributed by atoms with Crippen molar-refractivity contribution in [2.75, 3.05) is 13.2 Å². The van der Waals surface area contributed by atoms with Crippen LogP contribution in [0.3, 0.4) is 0 Å². The summed E-state index contributed by atoms with van der Waals surface area (Å²) in [5.41, 5.74) is 2.31. The van der Waals surface area contributed by atoms with Crippen LogP contribution in [0.1, 0.15) is 11.1 Å². The van der Waals surface area contributed by atoms with Gasteiger partial charge >= 0.3 is 0 Å². The van der Waals surface area contributed by atoms with Crippen molar-refractivity contribution in [3.63, 3.8) is 0 Å². The third kappa shape index (κ3) is 2.48. The van der Waals surface area contributed by atoms with Gasteiger partial charge in [0.2, 0.25) is 0 Å². The minimum Gasteiger partial charge on any atom is -0.490 e. The minimum absolute atomic E-state index is 0.291. The number of hydrogen-bond donors (Lipinski definition) is 0. The summed E-state index contributed by atoms with van der Waals surface area (Å²) in [6.45, 7) is 1.47. The Bertz CT molecular complexity index is 494. The number of hydrogen-bond acceptors (Lipinski definition) is 2. The molecule has 2 heteroatoms. The van der Waals surface area contributed by atoms with Crippen LogP contribution in [-0.2, 0) is 4.74 Å². The van der Waals surface area contributed by atoms with Gasteiger partial charge in [-0.1, -0.05) is 48.6 Å². The monoisotopic (exact) mass is 226 g/mol. The third-order valence-electron chi connectivity index (χ3n) is 2.80. The quantitative estimate of drug-likeness (QED) is 0.739. The van der Waals surface area contributed by atoms with E-state index in [-0.39, 0.29) is 0 Å². The number of allylic oxidation sites excluding steroid dienone is 4. The second kappa shape index (κ2) is 4.60. The lowest BCUT2D eigenvalue weighted by molar-refractivity contribution is 0.262. The van der Waals surface area contributed by atoms with Gasteiger partial charge in [-0.2, -0.15) is 0 Å². The summed E-state index contributed by atoms with van der Waals surface area (Å²) in [4.78, 5) is 0. The number of fused-ring (bicyclic) bond motifs is 1. The van der Waals surface area contributed by atoms with Gasteiger partial charge in [0.1, 0.15) is 18.5 Å². The van der Waals surface area contributed by atoms with Crippen molar-refractivity contribution in [3.8, 4) is 5.75 Å². The van der Waals surface area contributed by atoms with Gasteiger partial charge in [0, 0.05) is 5.56 Å². The highest BCUT2D eigenvalue weighted by atomic mass is 16.6. The van der Waals surface area contributed by atoms with E-state index in [0.29, 0.717) is 12.7 Å². The Morgan fingerprint density at radius 1 is 1.12 bits per heavy atom. The Kier molecular flexibility index (Phi) is 2.80. The zero-order valence-corrected chi connectivity index (χ0v) is 9.50. The fourth-order valence-electron chi connectivity index (χ4n) is 1.80. The van der Waals surface area contributed by atoms with E-state index in [1.165, 1.54) is 5.56 Å². The zero-order chi connectivity index (χ0) is 11.5. The maximum Gasteiger partial charge on any atom is 0.127 e. The second-order valence-corrected chi connectivity index (χ2v) is 4.13. The highest BCUT2D eigenvalue weighted by molar-refractivity contribution is 5.72. The molecule has 1 saturated heterocycles. The molecule has 0 N–H and O–H groups in total. The molecule has 3 rings (SSSR count). The number of benzene rings is 1. The molecule has 0 radical (unpaired) electrons. The lowest BCUT2D eigenvalue weighted by Crippen LogP contribution is -2.05. The van der Waals surface area contributed by atoms with Crippen molar-refractivity contribution < 1.29 is 9.47 Å². The van der Waals surface area contributed by atoms with Crippen LogP contribution in [0.15, 0.2) is 42.5 Å². The Morgan fingerprint density at radius 3 is 2.76 bits per heavy atom. The number of rotatable bonds is 3. The van der Waals surface area contributed by atoms with Crippen LogP contribution in [0.25, 0.3) is 12.2 Å². The predicted octanol–water partition coefficient (Wildman–Crippen LogP) is 3.06. The standard InChI is InChI=1S/C15H14O2/c1-2-4-8-14-12(6-3-1)7-5-9-15(14)17-11-13-10-16-13/h1-9,13H,10-11H2/b2-1+,3-1?,4-2?,6-3+,8-4-,12-6?,14-8?/t13-/m0/s1. The van der Waals surface area contributed by atoms with Crippen molar-refractivity contribution in [1.82, 2.24) is 0 Å². The fraction of sp³-hybridized carbons (Fsp3) is 0.200. The first-order chi connectivity index (χ1) is 8.43. The summed E-state index contributed by atoms with van der Waals surface area (Å²) in [6, 6.07) is 6.12. The SMILES string of the molecule is C1=C\c2c(cccc2OC[C@@H]2CO2)/C=C/C=C/1. The first-order valence-corrected chi connectivity index (χ1v) is 5.82. The molecule has 86 valence electrons. The van der Waals surface area contributed by atoms with Crippen molar-refractivity contribution in [2.24, 2.45) is 0 Å². The van der Waals surface area contributed by atoms with Gasteiger partial charge in [-0.05, 0) is 11.6 Å². The Labute approximate surface area is 101 Å². The molecule has 0 aromatic heterocycles. The molecule has 1 aromatic rings. The van der Waals surface area contributed by atoms with Crippen molar-refractivity contribution in [3.05, 3.63) is 53.6 Å². The molecule has 1 heterocycles. The normalized spacial score (nSPS) is 26.2. The molecule has 1 atom stereocenters. The number of ether oxygens (including phenoxy) is 2. The highest BCUT2D eigenvalue weighted by Crippen LogP contribution is 2.27. The molecule has 1 aromatic carbocycles. The minimum atomic E-state index is 0.291. The largest absolute Gasteiger partial charge is 0.490 e. The van der Waals surface area contributed by atoms with Gasteiger partial charge in [0.25, 0.3) is 0 Å². The average Bonchev–Trinajstić information content (AvgIpc) is 3.11. The van der Waals surface area contributed by atoms with Crippen LogP contribution in [0.4, 0.5) is 0 Å². The molecule has 1 aliphatic heterocycles. The summed E-state index contributed by atoms with van der Waals surface area (Å²) in [6.07, 6.45) is 12.6. The lowest BCUT2D eigenvalue weighted by Gasteiger charge is -2.11. The Morgan fingerprint density at radius 2 is 1.94 bits per heavy atom. The van der Waals surface area contributed by atoms with E-state index >= 15 is 0 Å². The molecule has 0 spiro atoms. The van der Waals surface area contributed by atoms with Crippen LogP contribution in [0.2, 0.25) is 0 Å². The summed E-state index contributed by atoms with van der Waals surface area (Å²) in [5.74, 6) is 0.925. The Hall–Kier alpha value is -1.80. The molecular weight excluding hydrogens is 212 g/mol. The Balaban J connectivity index is 1.90. The molecule has 1 fully saturated rings. The molecular formula is C15H14O2. The second-order valence-electron chi connectivity index (χ2n) is 4.13. The third-order valence-corrected chi connectivity index (χ3v) is 2.80. The number of epoxide rings is 1. The van der Waals surface area contributed by atoms with Gasteiger partial charge in [0.15, 0.2) is 0 Å². The van der Waals surface area contributed by atoms with E-state index in [4.69, 9.17) is 9.47 Å².